The van der Waals surface area contributed by atoms with Crippen LogP contribution in [0.1, 0.15) is 22.5 Å². The third-order valence-electron chi connectivity index (χ3n) is 1.84. The normalized spacial score (nSPS) is 10.4. The molecule has 1 aromatic rings. The van der Waals surface area contributed by atoms with Gasteiger partial charge in [0, 0.05) is 0 Å². The molecule has 0 fully saturated rings. The number of carbonyl (C=O) groups is 1. The highest BCUT2D eigenvalue weighted by atomic mass is 19.3. The third-order valence-corrected chi connectivity index (χ3v) is 1.84. The smallest absolute Gasteiger partial charge is 0.357 e. The number of rotatable bonds is 3. The van der Waals surface area contributed by atoms with Crippen molar-refractivity contribution in [2.45, 2.75) is 6.43 Å². The number of hydrogen-bond donors (Lipinski definition) is 0. The minimum Gasteiger partial charge on any atom is -0.492 e. The van der Waals surface area contributed by atoms with Gasteiger partial charge in [-0.25, -0.2) is 22.9 Å². The van der Waals surface area contributed by atoms with Crippen molar-refractivity contribution in [1.29, 1.82) is 0 Å². The Bertz CT molecular complexity index is 409. The first-order valence-electron chi connectivity index (χ1n) is 4.11. The van der Waals surface area contributed by atoms with Gasteiger partial charge < -0.3 is 9.47 Å². The van der Waals surface area contributed by atoms with E-state index in [9.17, 15) is 18.0 Å². The first kappa shape index (κ1) is 12.3. The zero-order valence-corrected chi connectivity index (χ0v) is 8.46. The van der Waals surface area contributed by atoms with Crippen LogP contribution in [0.25, 0.3) is 0 Å². The standard InChI is InChI=1S/C9H8F3NO3/c1-15-4-3-13-7(9(14)16-2)5(6(4)10)8(11)12/h3,8H,1-2H3. The molecule has 0 saturated carbocycles. The lowest BCUT2D eigenvalue weighted by Gasteiger charge is -2.09. The van der Waals surface area contributed by atoms with Crippen molar-refractivity contribution < 1.29 is 27.4 Å². The fourth-order valence-corrected chi connectivity index (χ4v) is 1.09. The van der Waals surface area contributed by atoms with E-state index in [0.717, 1.165) is 20.4 Å². The summed E-state index contributed by atoms with van der Waals surface area (Å²) >= 11 is 0. The number of methoxy groups -OCH3 is 2. The Balaban J connectivity index is 3.40. The monoisotopic (exact) mass is 235 g/mol. The van der Waals surface area contributed by atoms with E-state index in [4.69, 9.17) is 0 Å². The van der Waals surface area contributed by atoms with E-state index in [2.05, 4.69) is 14.5 Å². The lowest BCUT2D eigenvalue weighted by molar-refractivity contribution is 0.0578. The predicted molar refractivity (Wildman–Crippen MR) is 47.0 cm³/mol. The maximum atomic E-state index is 13.4. The van der Waals surface area contributed by atoms with E-state index in [1.807, 2.05) is 0 Å². The molecule has 0 aliphatic carbocycles. The molecule has 7 heteroatoms. The summed E-state index contributed by atoms with van der Waals surface area (Å²) in [6, 6.07) is 0. The number of nitrogens with zero attached hydrogens (tertiary/aromatic N) is 1. The van der Waals surface area contributed by atoms with Gasteiger partial charge in [-0.15, -0.1) is 0 Å². The summed E-state index contributed by atoms with van der Waals surface area (Å²) in [7, 11) is 2.09. The van der Waals surface area contributed by atoms with Crippen molar-refractivity contribution >= 4 is 5.97 Å². The van der Waals surface area contributed by atoms with Crippen LogP contribution in [0.4, 0.5) is 13.2 Å². The van der Waals surface area contributed by atoms with Crippen LogP contribution in [-0.4, -0.2) is 25.2 Å². The molecule has 0 aliphatic rings. The Morgan fingerprint density at radius 1 is 1.44 bits per heavy atom. The SMILES string of the molecule is COC(=O)c1ncc(OC)c(F)c1C(F)F. The predicted octanol–water partition coefficient (Wildman–Crippen LogP) is 1.95. The van der Waals surface area contributed by atoms with Crippen LogP contribution in [0, 0.1) is 5.82 Å². The molecule has 0 spiro atoms. The van der Waals surface area contributed by atoms with Crippen molar-refractivity contribution in [3.63, 3.8) is 0 Å². The van der Waals surface area contributed by atoms with Gasteiger partial charge in [-0.3, -0.25) is 0 Å². The molecule has 0 amide bonds. The molecular weight excluding hydrogens is 227 g/mol. The number of aromatic nitrogens is 1. The number of halogens is 3. The number of carbonyl (C=O) groups excluding carboxylic acids is 1. The summed E-state index contributed by atoms with van der Waals surface area (Å²) in [6.07, 6.45) is -2.34. The average Bonchev–Trinajstić information content (AvgIpc) is 2.26. The van der Waals surface area contributed by atoms with Crippen molar-refractivity contribution in [1.82, 2.24) is 4.98 Å². The first-order chi connectivity index (χ1) is 7.52. The highest BCUT2D eigenvalue weighted by molar-refractivity contribution is 5.89. The van der Waals surface area contributed by atoms with Crippen LogP contribution in [-0.2, 0) is 4.74 Å². The van der Waals surface area contributed by atoms with E-state index in [1.165, 1.54) is 0 Å². The molecule has 0 aromatic carbocycles. The molecule has 1 aromatic heterocycles. The molecule has 88 valence electrons. The van der Waals surface area contributed by atoms with Gasteiger partial charge in [0.2, 0.25) is 0 Å². The van der Waals surface area contributed by atoms with Gasteiger partial charge in [0.1, 0.15) is 0 Å². The Morgan fingerprint density at radius 2 is 2.06 bits per heavy atom. The molecule has 1 heterocycles. The molecule has 16 heavy (non-hydrogen) atoms. The fourth-order valence-electron chi connectivity index (χ4n) is 1.09. The van der Waals surface area contributed by atoms with Gasteiger partial charge in [-0.1, -0.05) is 0 Å². The van der Waals surface area contributed by atoms with Gasteiger partial charge in [0.25, 0.3) is 6.43 Å². The van der Waals surface area contributed by atoms with E-state index in [0.29, 0.717) is 0 Å². The molecule has 0 bridgehead atoms. The Kier molecular flexibility index (Phi) is 3.70. The van der Waals surface area contributed by atoms with Gasteiger partial charge in [0.05, 0.1) is 26.0 Å². The van der Waals surface area contributed by atoms with Crippen LogP contribution in [0.5, 0.6) is 5.75 Å². The van der Waals surface area contributed by atoms with Crippen molar-refractivity contribution in [2.75, 3.05) is 14.2 Å². The summed E-state index contributed by atoms with van der Waals surface area (Å²) < 4.78 is 47.2. The summed E-state index contributed by atoms with van der Waals surface area (Å²) in [4.78, 5) is 14.4. The third kappa shape index (κ3) is 2.07. The molecule has 0 saturated heterocycles. The Hall–Kier alpha value is -1.79. The maximum Gasteiger partial charge on any atom is 0.357 e. The van der Waals surface area contributed by atoms with Crippen molar-refractivity contribution in [2.24, 2.45) is 0 Å². The topological polar surface area (TPSA) is 48.4 Å². The van der Waals surface area contributed by atoms with Gasteiger partial charge in [0.15, 0.2) is 17.3 Å². The molecule has 4 nitrogen and oxygen atoms in total. The zero-order valence-electron chi connectivity index (χ0n) is 8.46. The van der Waals surface area contributed by atoms with Crippen LogP contribution in [0.2, 0.25) is 0 Å². The van der Waals surface area contributed by atoms with Crippen LogP contribution in [0.3, 0.4) is 0 Å². The number of ether oxygens (including phenoxy) is 2. The molecule has 0 aliphatic heterocycles. The lowest BCUT2D eigenvalue weighted by Crippen LogP contribution is -2.11. The molecule has 0 atom stereocenters. The largest absolute Gasteiger partial charge is 0.492 e. The van der Waals surface area contributed by atoms with E-state index in [1.54, 1.807) is 0 Å². The highest BCUT2D eigenvalue weighted by Crippen LogP contribution is 2.30. The number of alkyl halides is 2. The highest BCUT2D eigenvalue weighted by Gasteiger charge is 2.27. The summed E-state index contributed by atoms with van der Waals surface area (Å²) in [6.45, 7) is 0. The quantitative estimate of drug-likeness (QED) is 0.751. The first-order valence-corrected chi connectivity index (χ1v) is 4.11. The number of hydrogen-bond acceptors (Lipinski definition) is 4. The molecule has 0 N–H and O–H groups in total. The fraction of sp³-hybridized carbons (Fsp3) is 0.333. The summed E-state index contributed by atoms with van der Waals surface area (Å²) in [5, 5.41) is 0. The summed E-state index contributed by atoms with van der Waals surface area (Å²) in [5.74, 6) is -2.90. The molecule has 0 radical (unpaired) electrons. The minimum atomic E-state index is -3.18. The van der Waals surface area contributed by atoms with E-state index in [-0.39, 0.29) is 0 Å². The van der Waals surface area contributed by atoms with Gasteiger partial charge in [-0.2, -0.15) is 0 Å². The van der Waals surface area contributed by atoms with Gasteiger partial charge in [-0.05, 0) is 0 Å². The second kappa shape index (κ2) is 4.82. The van der Waals surface area contributed by atoms with Crippen LogP contribution < -0.4 is 4.74 Å². The number of esters is 1. The molecular formula is C9H8F3NO3. The van der Waals surface area contributed by atoms with Crippen molar-refractivity contribution in [3.05, 3.63) is 23.3 Å². The second-order valence-corrected chi connectivity index (χ2v) is 2.70. The minimum absolute atomic E-state index is 0.456. The average molecular weight is 235 g/mol. The second-order valence-electron chi connectivity index (χ2n) is 2.70. The molecule has 1 rings (SSSR count). The summed E-state index contributed by atoms with van der Waals surface area (Å²) in [5.41, 5.74) is -1.87. The maximum absolute atomic E-state index is 13.4. The Morgan fingerprint density at radius 3 is 2.50 bits per heavy atom. The molecule has 0 unspecified atom stereocenters. The lowest BCUT2D eigenvalue weighted by atomic mass is 10.2. The Labute approximate surface area is 89.0 Å². The van der Waals surface area contributed by atoms with E-state index >= 15 is 0 Å². The van der Waals surface area contributed by atoms with Crippen LogP contribution in [0.15, 0.2) is 6.20 Å². The van der Waals surface area contributed by atoms with Crippen molar-refractivity contribution in [3.8, 4) is 5.75 Å². The number of pyridine rings is 1. The van der Waals surface area contributed by atoms with Gasteiger partial charge >= 0.3 is 5.97 Å². The zero-order chi connectivity index (χ0) is 12.3. The van der Waals surface area contributed by atoms with E-state index < -0.39 is 35.2 Å². The van der Waals surface area contributed by atoms with Crippen LogP contribution >= 0.6 is 0 Å².